The van der Waals surface area contributed by atoms with Crippen LogP contribution in [0.15, 0.2) is 23.6 Å². The van der Waals surface area contributed by atoms with E-state index in [9.17, 15) is 0 Å². The largest absolute Gasteiger partial charge is 0.271 e. The van der Waals surface area contributed by atoms with Crippen molar-refractivity contribution in [1.82, 2.24) is 5.43 Å². The van der Waals surface area contributed by atoms with Gasteiger partial charge in [-0.3, -0.25) is 5.84 Å². The topological polar surface area (TPSA) is 38.0 Å². The summed E-state index contributed by atoms with van der Waals surface area (Å²) < 4.78 is 0. The molecule has 0 amide bonds. The van der Waals surface area contributed by atoms with Crippen molar-refractivity contribution in [3.05, 3.63) is 43.8 Å². The standard InChI is InChI=1S/C12H16N2S2/c1-3-9-6-7-15-12(9)11(14-13)10-5-4-8(2)16-10/h4-7,11,14H,3,13H2,1-2H3. The lowest BCUT2D eigenvalue weighted by Gasteiger charge is -2.14. The van der Waals surface area contributed by atoms with Gasteiger partial charge in [0.15, 0.2) is 0 Å². The molecule has 1 atom stereocenters. The monoisotopic (exact) mass is 252 g/mol. The number of nitrogens with two attached hydrogens (primary N) is 1. The Labute approximate surface area is 104 Å². The Bertz CT molecular complexity index is 459. The van der Waals surface area contributed by atoms with Crippen LogP contribution in [-0.4, -0.2) is 0 Å². The van der Waals surface area contributed by atoms with Gasteiger partial charge in [0.25, 0.3) is 0 Å². The summed E-state index contributed by atoms with van der Waals surface area (Å²) in [7, 11) is 0. The zero-order chi connectivity index (χ0) is 11.5. The van der Waals surface area contributed by atoms with Gasteiger partial charge in [-0.15, -0.1) is 22.7 Å². The van der Waals surface area contributed by atoms with Gasteiger partial charge in [0.05, 0.1) is 6.04 Å². The molecule has 0 fully saturated rings. The van der Waals surface area contributed by atoms with Gasteiger partial charge < -0.3 is 0 Å². The normalized spacial score (nSPS) is 12.9. The molecule has 86 valence electrons. The Kier molecular flexibility index (Phi) is 3.76. The van der Waals surface area contributed by atoms with Crippen LogP contribution < -0.4 is 11.3 Å². The predicted molar refractivity (Wildman–Crippen MR) is 71.9 cm³/mol. The molecule has 2 nitrogen and oxygen atoms in total. The van der Waals surface area contributed by atoms with E-state index in [0.29, 0.717) is 0 Å². The van der Waals surface area contributed by atoms with Crippen LogP contribution in [-0.2, 0) is 6.42 Å². The van der Waals surface area contributed by atoms with Crippen LogP contribution in [0, 0.1) is 6.92 Å². The Morgan fingerprint density at radius 1 is 1.38 bits per heavy atom. The molecular weight excluding hydrogens is 236 g/mol. The zero-order valence-corrected chi connectivity index (χ0v) is 11.1. The van der Waals surface area contributed by atoms with E-state index in [1.165, 1.54) is 20.2 Å². The molecule has 0 aromatic carbocycles. The second kappa shape index (κ2) is 5.10. The first kappa shape index (κ1) is 11.8. The molecule has 0 radical (unpaired) electrons. The van der Waals surface area contributed by atoms with Crippen LogP contribution in [0.4, 0.5) is 0 Å². The highest BCUT2D eigenvalue weighted by atomic mass is 32.1. The first-order chi connectivity index (χ1) is 7.76. The van der Waals surface area contributed by atoms with Crippen molar-refractivity contribution in [2.24, 2.45) is 5.84 Å². The summed E-state index contributed by atoms with van der Waals surface area (Å²) >= 11 is 3.58. The van der Waals surface area contributed by atoms with E-state index in [1.807, 2.05) is 0 Å². The zero-order valence-electron chi connectivity index (χ0n) is 9.49. The summed E-state index contributed by atoms with van der Waals surface area (Å²) in [4.78, 5) is 3.95. The van der Waals surface area contributed by atoms with Crippen molar-refractivity contribution in [1.29, 1.82) is 0 Å². The molecule has 3 N–H and O–H groups in total. The highest BCUT2D eigenvalue weighted by Gasteiger charge is 2.18. The van der Waals surface area contributed by atoms with Crippen molar-refractivity contribution >= 4 is 22.7 Å². The van der Waals surface area contributed by atoms with Crippen LogP contribution in [0.2, 0.25) is 0 Å². The van der Waals surface area contributed by atoms with Gasteiger partial charge in [-0.25, -0.2) is 5.43 Å². The second-order valence-corrected chi connectivity index (χ2v) is 5.98. The Morgan fingerprint density at radius 2 is 2.19 bits per heavy atom. The summed E-state index contributed by atoms with van der Waals surface area (Å²) in [5, 5.41) is 2.14. The Hall–Kier alpha value is -0.680. The maximum absolute atomic E-state index is 5.69. The molecule has 4 heteroatoms. The third kappa shape index (κ3) is 2.20. The third-order valence-electron chi connectivity index (χ3n) is 2.64. The molecule has 2 aromatic heterocycles. The smallest absolute Gasteiger partial charge is 0.0897 e. The van der Waals surface area contributed by atoms with Gasteiger partial charge in [-0.2, -0.15) is 0 Å². The highest BCUT2D eigenvalue weighted by molar-refractivity contribution is 7.13. The first-order valence-corrected chi connectivity index (χ1v) is 7.04. The summed E-state index contributed by atoms with van der Waals surface area (Å²) in [6, 6.07) is 6.63. The summed E-state index contributed by atoms with van der Waals surface area (Å²) in [6.45, 7) is 4.30. The molecule has 2 aromatic rings. The fourth-order valence-corrected chi connectivity index (χ4v) is 3.88. The van der Waals surface area contributed by atoms with E-state index < -0.39 is 0 Å². The van der Waals surface area contributed by atoms with Crippen LogP contribution in [0.5, 0.6) is 0 Å². The summed E-state index contributed by atoms with van der Waals surface area (Å²) in [5.41, 5.74) is 4.32. The number of nitrogens with one attached hydrogen (secondary N) is 1. The lowest BCUT2D eigenvalue weighted by Crippen LogP contribution is -2.28. The van der Waals surface area contributed by atoms with Crippen LogP contribution in [0.25, 0.3) is 0 Å². The fourth-order valence-electron chi connectivity index (χ4n) is 1.79. The number of rotatable bonds is 4. The predicted octanol–water partition coefficient (Wildman–Crippen LogP) is 3.23. The van der Waals surface area contributed by atoms with Crippen LogP contribution in [0.1, 0.15) is 33.2 Å². The molecule has 0 aliphatic heterocycles. The minimum atomic E-state index is 0.147. The molecule has 0 saturated carbocycles. The number of hydrazine groups is 1. The molecule has 16 heavy (non-hydrogen) atoms. The fraction of sp³-hybridized carbons (Fsp3) is 0.333. The number of aryl methyl sites for hydroxylation is 2. The minimum Gasteiger partial charge on any atom is -0.271 e. The van der Waals surface area contributed by atoms with E-state index in [4.69, 9.17) is 5.84 Å². The van der Waals surface area contributed by atoms with Crippen LogP contribution >= 0.6 is 22.7 Å². The molecule has 2 rings (SSSR count). The summed E-state index contributed by atoms with van der Waals surface area (Å²) in [6.07, 6.45) is 1.06. The molecule has 0 aliphatic carbocycles. The van der Waals surface area contributed by atoms with Crippen molar-refractivity contribution in [3.63, 3.8) is 0 Å². The van der Waals surface area contributed by atoms with E-state index in [-0.39, 0.29) is 6.04 Å². The second-order valence-electron chi connectivity index (χ2n) is 3.71. The van der Waals surface area contributed by atoms with Gasteiger partial charge in [0.1, 0.15) is 0 Å². The maximum Gasteiger partial charge on any atom is 0.0897 e. The molecule has 2 heterocycles. The van der Waals surface area contributed by atoms with E-state index >= 15 is 0 Å². The van der Waals surface area contributed by atoms with E-state index in [2.05, 4.69) is 42.9 Å². The van der Waals surface area contributed by atoms with Gasteiger partial charge in [0, 0.05) is 14.6 Å². The maximum atomic E-state index is 5.69. The van der Waals surface area contributed by atoms with Crippen LogP contribution in [0.3, 0.4) is 0 Å². The van der Waals surface area contributed by atoms with Crippen molar-refractivity contribution < 1.29 is 0 Å². The highest BCUT2D eigenvalue weighted by Crippen LogP contribution is 2.33. The lowest BCUT2D eigenvalue weighted by atomic mass is 10.1. The quantitative estimate of drug-likeness (QED) is 0.647. The number of hydrogen-bond acceptors (Lipinski definition) is 4. The third-order valence-corrected chi connectivity index (χ3v) is 4.73. The van der Waals surface area contributed by atoms with Gasteiger partial charge in [-0.1, -0.05) is 6.92 Å². The number of thiophene rings is 2. The molecule has 0 saturated heterocycles. The van der Waals surface area contributed by atoms with Crippen molar-refractivity contribution in [2.75, 3.05) is 0 Å². The first-order valence-electron chi connectivity index (χ1n) is 5.35. The Morgan fingerprint density at radius 3 is 2.75 bits per heavy atom. The lowest BCUT2D eigenvalue weighted by molar-refractivity contribution is 0.651. The minimum absolute atomic E-state index is 0.147. The van der Waals surface area contributed by atoms with Gasteiger partial charge in [0.2, 0.25) is 0 Å². The average Bonchev–Trinajstić information content (AvgIpc) is 2.89. The molecule has 0 aliphatic rings. The van der Waals surface area contributed by atoms with Gasteiger partial charge >= 0.3 is 0 Å². The van der Waals surface area contributed by atoms with E-state index in [0.717, 1.165) is 6.42 Å². The van der Waals surface area contributed by atoms with Crippen molar-refractivity contribution in [2.45, 2.75) is 26.3 Å². The molecular formula is C12H16N2S2. The summed E-state index contributed by atoms with van der Waals surface area (Å²) in [5.74, 6) is 5.69. The molecule has 0 spiro atoms. The average molecular weight is 252 g/mol. The molecule has 0 bridgehead atoms. The Balaban J connectivity index is 2.36. The molecule has 1 unspecified atom stereocenters. The van der Waals surface area contributed by atoms with E-state index in [1.54, 1.807) is 22.7 Å². The van der Waals surface area contributed by atoms with Crippen molar-refractivity contribution in [3.8, 4) is 0 Å². The SMILES string of the molecule is CCc1ccsc1C(NN)c1ccc(C)s1. The number of hydrogen-bond donors (Lipinski definition) is 2. The van der Waals surface area contributed by atoms with Gasteiger partial charge in [-0.05, 0) is 42.5 Å².